The smallest absolute Gasteiger partial charge is 0.370 e. The average molecular weight is 267 g/mol. The summed E-state index contributed by atoms with van der Waals surface area (Å²) >= 11 is 5.73. The quantitative estimate of drug-likeness (QED) is 0.881. The number of rotatable bonds is 3. The molecule has 1 atom stereocenters. The maximum absolute atomic E-state index is 12.4. The molecule has 3 nitrogen and oxygen atoms in total. The summed E-state index contributed by atoms with van der Waals surface area (Å²) < 4.78 is 37.3. The van der Waals surface area contributed by atoms with Gasteiger partial charge < -0.3 is 11.5 Å². The summed E-state index contributed by atoms with van der Waals surface area (Å²) in [4.78, 5) is 10.7. The first-order valence-corrected chi connectivity index (χ1v) is 5.00. The molecule has 0 fully saturated rings. The number of primary amides is 1. The zero-order chi connectivity index (χ0) is 13.2. The van der Waals surface area contributed by atoms with E-state index in [1.54, 1.807) is 0 Å². The highest BCUT2D eigenvalue weighted by Crippen LogP contribution is 2.33. The van der Waals surface area contributed by atoms with E-state index in [2.05, 4.69) is 0 Å². The third-order valence-electron chi connectivity index (χ3n) is 2.14. The van der Waals surface area contributed by atoms with Crippen molar-refractivity contribution in [1.82, 2.24) is 0 Å². The predicted molar refractivity (Wildman–Crippen MR) is 57.2 cm³/mol. The molecular weight excluding hydrogens is 257 g/mol. The van der Waals surface area contributed by atoms with E-state index in [0.29, 0.717) is 0 Å². The number of carbonyl (C=O) groups is 1. The van der Waals surface area contributed by atoms with Crippen molar-refractivity contribution in [2.45, 2.75) is 18.6 Å². The molecule has 94 valence electrons. The van der Waals surface area contributed by atoms with Crippen LogP contribution >= 0.6 is 11.6 Å². The van der Waals surface area contributed by atoms with E-state index in [4.69, 9.17) is 23.1 Å². The topological polar surface area (TPSA) is 69.1 Å². The van der Waals surface area contributed by atoms with E-state index < -0.39 is 23.7 Å². The zero-order valence-corrected chi connectivity index (χ0v) is 9.35. The third kappa shape index (κ3) is 3.61. The van der Waals surface area contributed by atoms with Gasteiger partial charge in [-0.1, -0.05) is 11.6 Å². The van der Waals surface area contributed by atoms with Gasteiger partial charge in [-0.3, -0.25) is 4.79 Å². The van der Waals surface area contributed by atoms with Crippen molar-refractivity contribution >= 4 is 17.5 Å². The molecule has 1 aromatic carbocycles. The van der Waals surface area contributed by atoms with Crippen molar-refractivity contribution in [1.29, 1.82) is 0 Å². The molecule has 0 aliphatic heterocycles. The molecule has 0 spiro atoms. The van der Waals surface area contributed by atoms with Gasteiger partial charge in [0.1, 0.15) is 0 Å². The Morgan fingerprint density at radius 3 is 2.47 bits per heavy atom. The van der Waals surface area contributed by atoms with E-state index >= 15 is 0 Å². The Hall–Kier alpha value is -1.27. The fourth-order valence-corrected chi connectivity index (χ4v) is 1.59. The molecule has 1 unspecified atom stereocenters. The number of alkyl halides is 3. The molecule has 17 heavy (non-hydrogen) atoms. The third-order valence-corrected chi connectivity index (χ3v) is 2.49. The Labute approximate surface area is 101 Å². The fourth-order valence-electron chi connectivity index (χ4n) is 1.33. The second-order valence-corrected chi connectivity index (χ2v) is 3.92. The largest absolute Gasteiger partial charge is 0.416 e. The number of benzene rings is 1. The Kier molecular flexibility index (Phi) is 4.00. The first kappa shape index (κ1) is 13.8. The lowest BCUT2D eigenvalue weighted by Gasteiger charge is -2.14. The van der Waals surface area contributed by atoms with Crippen LogP contribution in [-0.2, 0) is 11.0 Å². The number of hydrogen-bond acceptors (Lipinski definition) is 2. The Balaban J connectivity index is 3.10. The zero-order valence-electron chi connectivity index (χ0n) is 8.59. The van der Waals surface area contributed by atoms with Gasteiger partial charge in [0.05, 0.1) is 5.56 Å². The van der Waals surface area contributed by atoms with E-state index in [0.717, 1.165) is 18.2 Å². The lowest BCUT2D eigenvalue weighted by Crippen LogP contribution is -2.21. The Morgan fingerprint density at radius 2 is 2.00 bits per heavy atom. The standard InChI is InChI=1S/C10H10ClF3N2O/c11-7-2-1-5(10(12,13)14)3-6(7)8(15)4-9(16)17/h1-3,8H,4,15H2,(H2,16,17). The van der Waals surface area contributed by atoms with Gasteiger partial charge in [-0.25, -0.2) is 0 Å². The summed E-state index contributed by atoms with van der Waals surface area (Å²) in [5.41, 5.74) is 9.67. The van der Waals surface area contributed by atoms with Crippen LogP contribution in [0, 0.1) is 0 Å². The summed E-state index contributed by atoms with van der Waals surface area (Å²) in [7, 11) is 0. The SMILES string of the molecule is NC(=O)CC(N)c1cc(C(F)(F)F)ccc1Cl. The predicted octanol–water partition coefficient (Wildman–Crippen LogP) is 2.23. The first-order chi connectivity index (χ1) is 7.71. The van der Waals surface area contributed by atoms with Crippen LogP contribution < -0.4 is 11.5 Å². The molecule has 0 aliphatic rings. The number of carbonyl (C=O) groups excluding carboxylic acids is 1. The van der Waals surface area contributed by atoms with Crippen LogP contribution in [0.1, 0.15) is 23.6 Å². The van der Waals surface area contributed by atoms with E-state index in [1.165, 1.54) is 0 Å². The molecule has 4 N–H and O–H groups in total. The summed E-state index contributed by atoms with van der Waals surface area (Å²) in [5, 5.41) is 0.0757. The molecule has 7 heteroatoms. The van der Waals surface area contributed by atoms with Crippen molar-refractivity contribution in [2.75, 3.05) is 0 Å². The highest BCUT2D eigenvalue weighted by Gasteiger charge is 2.31. The van der Waals surface area contributed by atoms with Crippen LogP contribution in [0.15, 0.2) is 18.2 Å². The van der Waals surface area contributed by atoms with Crippen LogP contribution in [0.2, 0.25) is 5.02 Å². The van der Waals surface area contributed by atoms with Crippen LogP contribution in [0.3, 0.4) is 0 Å². The minimum Gasteiger partial charge on any atom is -0.370 e. The van der Waals surface area contributed by atoms with Crippen LogP contribution in [0.5, 0.6) is 0 Å². The van der Waals surface area contributed by atoms with Crippen LogP contribution in [0.4, 0.5) is 13.2 Å². The fraction of sp³-hybridized carbons (Fsp3) is 0.300. The van der Waals surface area contributed by atoms with E-state index in [9.17, 15) is 18.0 Å². The molecule has 1 aromatic rings. The lowest BCUT2D eigenvalue weighted by atomic mass is 10.0. The Bertz CT molecular complexity index is 434. The maximum Gasteiger partial charge on any atom is 0.416 e. The lowest BCUT2D eigenvalue weighted by molar-refractivity contribution is -0.137. The normalized spacial score (nSPS) is 13.5. The number of hydrogen-bond donors (Lipinski definition) is 2. The monoisotopic (exact) mass is 266 g/mol. The van der Waals surface area contributed by atoms with Gasteiger partial charge in [0.15, 0.2) is 0 Å². The molecular formula is C10H10ClF3N2O. The molecule has 0 aliphatic carbocycles. The summed E-state index contributed by atoms with van der Waals surface area (Å²) in [5.74, 6) is -0.703. The first-order valence-electron chi connectivity index (χ1n) is 4.62. The van der Waals surface area contributed by atoms with Gasteiger partial charge in [0, 0.05) is 17.5 Å². The van der Waals surface area contributed by atoms with Gasteiger partial charge in [0.25, 0.3) is 0 Å². The van der Waals surface area contributed by atoms with Gasteiger partial charge in [-0.05, 0) is 23.8 Å². The summed E-state index contributed by atoms with van der Waals surface area (Å²) in [6, 6.07) is 1.83. The number of halogens is 4. The van der Waals surface area contributed by atoms with Crippen molar-refractivity contribution in [3.05, 3.63) is 34.3 Å². The van der Waals surface area contributed by atoms with Gasteiger partial charge in [-0.15, -0.1) is 0 Å². The molecule has 1 rings (SSSR count). The molecule has 0 heterocycles. The second kappa shape index (κ2) is 4.93. The average Bonchev–Trinajstić information content (AvgIpc) is 2.15. The van der Waals surface area contributed by atoms with Gasteiger partial charge in [-0.2, -0.15) is 13.2 Å². The highest BCUT2D eigenvalue weighted by molar-refractivity contribution is 6.31. The van der Waals surface area contributed by atoms with Crippen LogP contribution in [-0.4, -0.2) is 5.91 Å². The molecule has 0 aromatic heterocycles. The van der Waals surface area contributed by atoms with E-state index in [1.807, 2.05) is 0 Å². The van der Waals surface area contributed by atoms with E-state index in [-0.39, 0.29) is 17.0 Å². The van der Waals surface area contributed by atoms with Gasteiger partial charge >= 0.3 is 6.18 Å². The molecule has 0 saturated heterocycles. The summed E-state index contributed by atoms with van der Waals surface area (Å²) in [6.45, 7) is 0. The van der Waals surface area contributed by atoms with Crippen LogP contribution in [0.25, 0.3) is 0 Å². The number of amides is 1. The molecule has 0 bridgehead atoms. The minimum absolute atomic E-state index is 0.0558. The van der Waals surface area contributed by atoms with Crippen molar-refractivity contribution in [2.24, 2.45) is 11.5 Å². The molecule has 1 amide bonds. The second-order valence-electron chi connectivity index (χ2n) is 3.51. The highest BCUT2D eigenvalue weighted by atomic mass is 35.5. The van der Waals surface area contributed by atoms with Gasteiger partial charge in [0.2, 0.25) is 5.91 Å². The Morgan fingerprint density at radius 1 is 1.41 bits per heavy atom. The van der Waals surface area contributed by atoms with Crippen molar-refractivity contribution in [3.8, 4) is 0 Å². The number of nitrogens with two attached hydrogens (primary N) is 2. The summed E-state index contributed by atoms with van der Waals surface area (Å²) in [6.07, 6.45) is -4.74. The minimum atomic E-state index is -4.48. The molecule has 0 saturated carbocycles. The molecule has 0 radical (unpaired) electrons. The maximum atomic E-state index is 12.4. The van der Waals surface area contributed by atoms with Crippen molar-refractivity contribution < 1.29 is 18.0 Å². The van der Waals surface area contributed by atoms with Crippen molar-refractivity contribution in [3.63, 3.8) is 0 Å².